The fraction of sp³-hybridized carbons (Fsp3) is 0.600. The van der Waals surface area contributed by atoms with Crippen molar-refractivity contribution in [2.75, 3.05) is 6.61 Å². The zero-order chi connectivity index (χ0) is 11.5. The molecule has 2 unspecified atom stereocenters. The van der Waals surface area contributed by atoms with Crippen LogP contribution in [0.2, 0.25) is 0 Å². The minimum absolute atomic E-state index is 0.0802. The van der Waals surface area contributed by atoms with E-state index in [4.69, 9.17) is 10.5 Å². The molecule has 1 aromatic rings. The monoisotopic (exact) mass is 241 g/mol. The fourth-order valence-corrected chi connectivity index (χ4v) is 2.33. The van der Waals surface area contributed by atoms with Gasteiger partial charge in [-0.25, -0.2) is 4.98 Å². The summed E-state index contributed by atoms with van der Waals surface area (Å²) in [6, 6.07) is 0.0931. The molecule has 1 amide bonds. The fourth-order valence-electron chi connectivity index (χ4n) is 1.67. The molecule has 0 aliphatic carbocycles. The first-order valence-corrected chi connectivity index (χ1v) is 6.15. The first-order chi connectivity index (χ1) is 7.70. The lowest BCUT2D eigenvalue weighted by Gasteiger charge is -2.14. The Labute approximate surface area is 98.0 Å². The van der Waals surface area contributed by atoms with Gasteiger partial charge in [-0.3, -0.25) is 4.79 Å². The zero-order valence-electron chi connectivity index (χ0n) is 9.10. The van der Waals surface area contributed by atoms with Crippen LogP contribution in [0.25, 0.3) is 0 Å². The second kappa shape index (κ2) is 4.90. The molecule has 6 heteroatoms. The lowest BCUT2D eigenvalue weighted by atomic mass is 10.1. The zero-order valence-corrected chi connectivity index (χ0v) is 9.92. The highest BCUT2D eigenvalue weighted by Crippen LogP contribution is 2.14. The molecule has 88 valence electrons. The first-order valence-electron chi connectivity index (χ1n) is 5.27. The number of rotatable bonds is 3. The van der Waals surface area contributed by atoms with Crippen LogP contribution in [-0.4, -0.2) is 29.6 Å². The number of aromatic nitrogens is 1. The number of hydrogen-bond acceptors (Lipinski definition) is 5. The van der Waals surface area contributed by atoms with E-state index < -0.39 is 0 Å². The van der Waals surface area contributed by atoms with Crippen molar-refractivity contribution in [3.8, 4) is 0 Å². The van der Waals surface area contributed by atoms with Crippen LogP contribution in [0.15, 0.2) is 5.38 Å². The lowest BCUT2D eigenvalue weighted by molar-refractivity contribution is 0.0862. The van der Waals surface area contributed by atoms with E-state index in [1.807, 2.05) is 6.92 Å². The van der Waals surface area contributed by atoms with Gasteiger partial charge in [0.05, 0.1) is 12.1 Å². The Kier molecular flexibility index (Phi) is 3.52. The van der Waals surface area contributed by atoms with Gasteiger partial charge in [-0.15, -0.1) is 11.3 Å². The molecular weight excluding hydrogens is 226 g/mol. The van der Waals surface area contributed by atoms with E-state index in [-0.39, 0.29) is 18.1 Å². The Balaban J connectivity index is 1.97. The quantitative estimate of drug-likeness (QED) is 0.808. The Morgan fingerprint density at radius 2 is 2.62 bits per heavy atom. The molecule has 2 rings (SSSR count). The topological polar surface area (TPSA) is 77.2 Å². The predicted octanol–water partition coefficient (Wildman–Crippen LogP) is 0.509. The highest BCUT2D eigenvalue weighted by atomic mass is 32.1. The number of nitrogens with one attached hydrogen (secondary N) is 1. The van der Waals surface area contributed by atoms with Gasteiger partial charge < -0.3 is 15.8 Å². The van der Waals surface area contributed by atoms with Crippen LogP contribution in [0.4, 0.5) is 0 Å². The number of hydrogen-bond donors (Lipinski definition) is 2. The van der Waals surface area contributed by atoms with Crippen LogP contribution in [0.3, 0.4) is 0 Å². The van der Waals surface area contributed by atoms with E-state index in [1.54, 1.807) is 5.38 Å². The van der Waals surface area contributed by atoms with Gasteiger partial charge in [0.2, 0.25) is 0 Å². The number of carbonyl (C=O) groups excluding carboxylic acids is 1. The molecular formula is C10H15N3O2S. The minimum atomic E-state index is -0.140. The number of thiazole rings is 1. The predicted molar refractivity (Wildman–Crippen MR) is 61.3 cm³/mol. The summed E-state index contributed by atoms with van der Waals surface area (Å²) in [5.74, 6) is -0.140. The van der Waals surface area contributed by atoms with Crippen molar-refractivity contribution in [2.24, 2.45) is 5.73 Å². The second-order valence-corrected chi connectivity index (χ2v) is 4.72. The number of nitrogens with two attached hydrogens (primary N) is 1. The first kappa shape index (κ1) is 11.5. The van der Waals surface area contributed by atoms with E-state index >= 15 is 0 Å². The molecule has 16 heavy (non-hydrogen) atoms. The SMILES string of the molecule is CC1OCCC1NC(=O)c1csc(CN)n1. The standard InChI is InChI=1S/C10H15N3O2S/c1-6-7(2-3-15-6)13-10(14)8-5-16-9(4-11)12-8/h5-7H,2-4,11H2,1H3,(H,13,14). The molecule has 0 aromatic carbocycles. The Morgan fingerprint density at radius 1 is 1.81 bits per heavy atom. The lowest BCUT2D eigenvalue weighted by Crippen LogP contribution is -2.39. The molecule has 1 saturated heterocycles. The summed E-state index contributed by atoms with van der Waals surface area (Å²) in [6.07, 6.45) is 0.942. The van der Waals surface area contributed by atoms with Crippen molar-refractivity contribution in [3.63, 3.8) is 0 Å². The highest BCUT2D eigenvalue weighted by Gasteiger charge is 2.26. The molecule has 1 aliphatic rings. The van der Waals surface area contributed by atoms with Gasteiger partial charge in [0.25, 0.3) is 5.91 Å². The molecule has 5 nitrogen and oxygen atoms in total. The van der Waals surface area contributed by atoms with Crippen LogP contribution in [0.1, 0.15) is 28.8 Å². The Hall–Kier alpha value is -0.980. The summed E-state index contributed by atoms with van der Waals surface area (Å²) in [6.45, 7) is 3.04. The van der Waals surface area contributed by atoms with Crippen LogP contribution >= 0.6 is 11.3 Å². The van der Waals surface area contributed by atoms with Gasteiger partial charge >= 0.3 is 0 Å². The van der Waals surface area contributed by atoms with Crippen molar-refractivity contribution in [2.45, 2.75) is 32.0 Å². The van der Waals surface area contributed by atoms with Crippen LogP contribution in [-0.2, 0) is 11.3 Å². The van der Waals surface area contributed by atoms with Gasteiger partial charge in [-0.2, -0.15) is 0 Å². The molecule has 1 fully saturated rings. The summed E-state index contributed by atoms with van der Waals surface area (Å²) in [7, 11) is 0. The smallest absolute Gasteiger partial charge is 0.271 e. The number of carbonyl (C=O) groups is 1. The van der Waals surface area contributed by atoms with Crippen LogP contribution < -0.4 is 11.1 Å². The number of nitrogens with zero attached hydrogens (tertiary/aromatic N) is 1. The van der Waals surface area contributed by atoms with E-state index in [9.17, 15) is 4.79 Å². The van der Waals surface area contributed by atoms with Crippen molar-refractivity contribution in [3.05, 3.63) is 16.1 Å². The summed E-state index contributed by atoms with van der Waals surface area (Å²) in [5, 5.41) is 5.43. The molecule has 2 heterocycles. The molecule has 0 radical (unpaired) electrons. The van der Waals surface area contributed by atoms with E-state index in [0.717, 1.165) is 11.4 Å². The molecule has 0 spiro atoms. The third kappa shape index (κ3) is 2.40. The third-order valence-corrected chi connectivity index (χ3v) is 3.52. The maximum atomic E-state index is 11.8. The van der Waals surface area contributed by atoms with Crippen molar-refractivity contribution < 1.29 is 9.53 Å². The van der Waals surface area contributed by atoms with Gasteiger partial charge in [-0.1, -0.05) is 0 Å². The highest BCUT2D eigenvalue weighted by molar-refractivity contribution is 7.09. The normalized spacial score (nSPS) is 24.6. The molecule has 1 aliphatic heterocycles. The average molecular weight is 241 g/mol. The van der Waals surface area contributed by atoms with E-state index in [2.05, 4.69) is 10.3 Å². The minimum Gasteiger partial charge on any atom is -0.376 e. The summed E-state index contributed by atoms with van der Waals surface area (Å²) >= 11 is 1.41. The average Bonchev–Trinajstić information content (AvgIpc) is 2.88. The van der Waals surface area contributed by atoms with Crippen LogP contribution in [0, 0.1) is 0 Å². The molecule has 1 aromatic heterocycles. The van der Waals surface area contributed by atoms with Gasteiger partial charge in [0.15, 0.2) is 0 Å². The van der Waals surface area contributed by atoms with Crippen molar-refractivity contribution in [1.82, 2.24) is 10.3 Å². The Morgan fingerprint density at radius 3 is 3.19 bits per heavy atom. The second-order valence-electron chi connectivity index (χ2n) is 3.78. The largest absolute Gasteiger partial charge is 0.376 e. The summed E-state index contributed by atoms with van der Waals surface area (Å²) in [5.41, 5.74) is 5.89. The summed E-state index contributed by atoms with van der Waals surface area (Å²) < 4.78 is 5.38. The maximum absolute atomic E-state index is 11.8. The number of amides is 1. The summed E-state index contributed by atoms with van der Waals surface area (Å²) in [4.78, 5) is 15.9. The maximum Gasteiger partial charge on any atom is 0.271 e. The van der Waals surface area contributed by atoms with Crippen molar-refractivity contribution >= 4 is 17.2 Å². The van der Waals surface area contributed by atoms with Crippen molar-refractivity contribution in [1.29, 1.82) is 0 Å². The Bertz CT molecular complexity index is 380. The third-order valence-electron chi connectivity index (χ3n) is 2.65. The van der Waals surface area contributed by atoms with E-state index in [0.29, 0.717) is 18.8 Å². The van der Waals surface area contributed by atoms with Gasteiger partial charge in [0, 0.05) is 18.5 Å². The molecule has 0 saturated carbocycles. The molecule has 0 bridgehead atoms. The van der Waals surface area contributed by atoms with Gasteiger partial charge in [-0.05, 0) is 13.3 Å². The molecule has 2 atom stereocenters. The molecule has 3 N–H and O–H groups in total. The van der Waals surface area contributed by atoms with E-state index in [1.165, 1.54) is 11.3 Å². The number of ether oxygens (including phenoxy) is 1. The van der Waals surface area contributed by atoms with Gasteiger partial charge in [0.1, 0.15) is 10.7 Å². The van der Waals surface area contributed by atoms with Crippen LogP contribution in [0.5, 0.6) is 0 Å².